The smallest absolute Gasteiger partial charge is 0.0344 e. The SMILES string of the molecule is Cc1cc(C(C)(C)C)cc(C)c1CC(N)c1ccsc1. The van der Waals surface area contributed by atoms with Gasteiger partial charge in [0.2, 0.25) is 0 Å². The molecule has 20 heavy (non-hydrogen) atoms. The highest BCUT2D eigenvalue weighted by Crippen LogP contribution is 2.29. The van der Waals surface area contributed by atoms with E-state index in [4.69, 9.17) is 5.73 Å². The van der Waals surface area contributed by atoms with Crippen molar-refractivity contribution in [3.05, 3.63) is 56.8 Å². The largest absolute Gasteiger partial charge is 0.324 e. The van der Waals surface area contributed by atoms with Gasteiger partial charge in [0.25, 0.3) is 0 Å². The molecule has 1 aromatic carbocycles. The van der Waals surface area contributed by atoms with Crippen LogP contribution >= 0.6 is 11.3 Å². The molecule has 1 atom stereocenters. The lowest BCUT2D eigenvalue weighted by molar-refractivity contribution is 0.588. The lowest BCUT2D eigenvalue weighted by Gasteiger charge is -2.23. The molecular weight excluding hydrogens is 262 g/mol. The Labute approximate surface area is 126 Å². The van der Waals surface area contributed by atoms with E-state index in [-0.39, 0.29) is 11.5 Å². The Kier molecular flexibility index (Phi) is 4.36. The van der Waals surface area contributed by atoms with Crippen molar-refractivity contribution in [1.29, 1.82) is 0 Å². The summed E-state index contributed by atoms with van der Waals surface area (Å²) < 4.78 is 0. The molecule has 0 saturated carbocycles. The van der Waals surface area contributed by atoms with Crippen LogP contribution in [0.4, 0.5) is 0 Å². The average molecular weight is 287 g/mol. The lowest BCUT2D eigenvalue weighted by Crippen LogP contribution is -2.16. The fraction of sp³-hybridized carbons (Fsp3) is 0.444. The molecule has 0 fully saturated rings. The van der Waals surface area contributed by atoms with E-state index in [9.17, 15) is 0 Å². The normalized spacial score (nSPS) is 13.5. The van der Waals surface area contributed by atoms with Crippen molar-refractivity contribution in [2.45, 2.75) is 52.5 Å². The van der Waals surface area contributed by atoms with E-state index in [0.29, 0.717) is 0 Å². The Morgan fingerprint density at radius 3 is 2.20 bits per heavy atom. The molecule has 108 valence electrons. The van der Waals surface area contributed by atoms with Crippen LogP contribution in [0.5, 0.6) is 0 Å². The van der Waals surface area contributed by atoms with E-state index < -0.39 is 0 Å². The highest BCUT2D eigenvalue weighted by molar-refractivity contribution is 7.07. The van der Waals surface area contributed by atoms with Gasteiger partial charge in [-0.15, -0.1) is 0 Å². The first-order chi connectivity index (χ1) is 9.29. The fourth-order valence-corrected chi connectivity index (χ4v) is 3.30. The van der Waals surface area contributed by atoms with E-state index in [1.54, 1.807) is 11.3 Å². The molecule has 0 aliphatic rings. The average Bonchev–Trinajstić information content (AvgIpc) is 2.85. The third kappa shape index (κ3) is 3.31. The summed E-state index contributed by atoms with van der Waals surface area (Å²) in [5.41, 5.74) is 13.3. The molecule has 2 heteroatoms. The van der Waals surface area contributed by atoms with Crippen LogP contribution in [-0.4, -0.2) is 0 Å². The fourth-order valence-electron chi connectivity index (χ4n) is 2.57. The van der Waals surface area contributed by atoms with E-state index in [1.807, 2.05) is 0 Å². The van der Waals surface area contributed by atoms with Crippen LogP contribution in [0.2, 0.25) is 0 Å². The minimum Gasteiger partial charge on any atom is -0.324 e. The van der Waals surface area contributed by atoms with Crippen molar-refractivity contribution < 1.29 is 0 Å². The predicted molar refractivity (Wildman–Crippen MR) is 89.6 cm³/mol. The maximum Gasteiger partial charge on any atom is 0.0344 e. The van der Waals surface area contributed by atoms with Gasteiger partial charge in [0.1, 0.15) is 0 Å². The van der Waals surface area contributed by atoms with E-state index in [0.717, 1.165) is 6.42 Å². The third-order valence-corrected chi connectivity index (χ3v) is 4.66. The second kappa shape index (κ2) is 5.71. The molecule has 1 aromatic heterocycles. The van der Waals surface area contributed by atoms with Crippen LogP contribution in [-0.2, 0) is 11.8 Å². The number of rotatable bonds is 3. The monoisotopic (exact) mass is 287 g/mol. The Morgan fingerprint density at radius 1 is 1.15 bits per heavy atom. The van der Waals surface area contributed by atoms with Gasteiger partial charge in [-0.25, -0.2) is 0 Å². The zero-order valence-corrected chi connectivity index (χ0v) is 14.0. The third-order valence-electron chi connectivity index (χ3n) is 3.96. The summed E-state index contributed by atoms with van der Waals surface area (Å²) in [6.45, 7) is 11.2. The Morgan fingerprint density at radius 2 is 1.75 bits per heavy atom. The van der Waals surface area contributed by atoms with Gasteiger partial charge in [-0.1, -0.05) is 32.9 Å². The number of hydrogen-bond acceptors (Lipinski definition) is 2. The highest BCUT2D eigenvalue weighted by atomic mass is 32.1. The number of hydrogen-bond donors (Lipinski definition) is 1. The molecule has 1 unspecified atom stereocenters. The Bertz CT molecular complexity index is 553. The standard InChI is InChI=1S/C18H25NS/c1-12-8-15(18(3,4)5)9-13(2)16(12)10-17(19)14-6-7-20-11-14/h6-9,11,17H,10,19H2,1-5H3. The van der Waals surface area contributed by atoms with Gasteiger partial charge in [-0.2, -0.15) is 11.3 Å². The lowest BCUT2D eigenvalue weighted by atomic mass is 9.82. The minimum absolute atomic E-state index is 0.0964. The second-order valence-electron chi connectivity index (χ2n) is 6.71. The molecule has 0 bridgehead atoms. The highest BCUT2D eigenvalue weighted by Gasteiger charge is 2.17. The molecule has 2 rings (SSSR count). The molecule has 2 aromatic rings. The van der Waals surface area contributed by atoms with Gasteiger partial charge in [0, 0.05) is 6.04 Å². The number of aryl methyl sites for hydroxylation is 2. The molecule has 0 radical (unpaired) electrons. The molecule has 0 aliphatic heterocycles. The van der Waals surface area contributed by atoms with Crippen molar-refractivity contribution in [3.63, 3.8) is 0 Å². The summed E-state index contributed by atoms with van der Waals surface area (Å²) in [7, 11) is 0. The van der Waals surface area contributed by atoms with Crippen LogP contribution < -0.4 is 5.73 Å². The Balaban J connectivity index is 2.29. The second-order valence-corrected chi connectivity index (χ2v) is 7.49. The maximum absolute atomic E-state index is 6.34. The van der Waals surface area contributed by atoms with Crippen LogP contribution in [0, 0.1) is 13.8 Å². The molecule has 0 spiro atoms. The molecule has 0 saturated heterocycles. The first-order valence-electron chi connectivity index (χ1n) is 7.17. The number of benzene rings is 1. The van der Waals surface area contributed by atoms with Gasteiger partial charge in [0.15, 0.2) is 0 Å². The molecule has 0 aliphatic carbocycles. The molecule has 1 heterocycles. The van der Waals surface area contributed by atoms with Crippen molar-refractivity contribution in [3.8, 4) is 0 Å². The van der Waals surface area contributed by atoms with Gasteiger partial charge in [0.05, 0.1) is 0 Å². The van der Waals surface area contributed by atoms with Crippen molar-refractivity contribution in [2.75, 3.05) is 0 Å². The zero-order valence-electron chi connectivity index (χ0n) is 13.2. The van der Waals surface area contributed by atoms with Gasteiger partial charge in [-0.3, -0.25) is 0 Å². The summed E-state index contributed by atoms with van der Waals surface area (Å²) in [5.74, 6) is 0. The van der Waals surface area contributed by atoms with Gasteiger partial charge < -0.3 is 5.73 Å². The summed E-state index contributed by atoms with van der Waals surface area (Å²) in [6, 6.07) is 6.87. The zero-order chi connectivity index (χ0) is 14.9. The molecule has 1 nitrogen and oxygen atoms in total. The van der Waals surface area contributed by atoms with E-state index in [1.165, 1.54) is 27.8 Å². The summed E-state index contributed by atoms with van der Waals surface area (Å²) in [6.07, 6.45) is 0.915. The van der Waals surface area contributed by atoms with E-state index >= 15 is 0 Å². The first kappa shape index (κ1) is 15.3. The van der Waals surface area contributed by atoms with Crippen LogP contribution in [0.3, 0.4) is 0 Å². The summed E-state index contributed by atoms with van der Waals surface area (Å²) in [5, 5.41) is 4.25. The van der Waals surface area contributed by atoms with Crippen LogP contribution in [0.1, 0.15) is 54.6 Å². The van der Waals surface area contributed by atoms with E-state index in [2.05, 4.69) is 63.6 Å². The predicted octanol–water partition coefficient (Wildman–Crippen LogP) is 4.90. The quantitative estimate of drug-likeness (QED) is 0.853. The maximum atomic E-state index is 6.34. The van der Waals surface area contributed by atoms with Crippen molar-refractivity contribution in [2.24, 2.45) is 5.73 Å². The molecule has 0 amide bonds. The Hall–Kier alpha value is -1.12. The summed E-state index contributed by atoms with van der Waals surface area (Å²) in [4.78, 5) is 0. The van der Waals surface area contributed by atoms with Gasteiger partial charge in [-0.05, 0) is 70.3 Å². The van der Waals surface area contributed by atoms with Gasteiger partial charge >= 0.3 is 0 Å². The first-order valence-corrected chi connectivity index (χ1v) is 8.11. The molecule has 2 N–H and O–H groups in total. The van der Waals surface area contributed by atoms with Crippen LogP contribution in [0.25, 0.3) is 0 Å². The minimum atomic E-state index is 0.0964. The van der Waals surface area contributed by atoms with Crippen molar-refractivity contribution >= 4 is 11.3 Å². The number of thiophene rings is 1. The van der Waals surface area contributed by atoms with Crippen molar-refractivity contribution in [1.82, 2.24) is 0 Å². The summed E-state index contributed by atoms with van der Waals surface area (Å²) >= 11 is 1.71. The topological polar surface area (TPSA) is 26.0 Å². The molecular formula is C18H25NS. The number of nitrogens with two attached hydrogens (primary N) is 1. The van der Waals surface area contributed by atoms with Crippen LogP contribution in [0.15, 0.2) is 29.0 Å².